The number of halogens is 1. The van der Waals surface area contributed by atoms with Crippen LogP contribution in [-0.4, -0.2) is 21.7 Å². The monoisotopic (exact) mass is 282 g/mol. The van der Waals surface area contributed by atoms with Gasteiger partial charge in [-0.15, -0.1) is 18.0 Å². The number of aromatic amines is 1. The first kappa shape index (κ1) is 14.4. The van der Waals surface area contributed by atoms with Crippen molar-refractivity contribution in [2.24, 2.45) is 4.99 Å². The number of hydrogen-bond donors (Lipinski definition) is 2. The number of rotatable bonds is 4. The van der Waals surface area contributed by atoms with E-state index in [1.54, 1.807) is 12.3 Å². The lowest BCUT2D eigenvalue weighted by molar-refractivity contribution is 0.464. The van der Waals surface area contributed by atoms with Gasteiger partial charge < -0.3 is 10.1 Å². The molecule has 0 aliphatic rings. The molecule has 0 saturated heterocycles. The van der Waals surface area contributed by atoms with E-state index >= 15 is 0 Å². The third-order valence-corrected chi connectivity index (χ3v) is 2.69. The van der Waals surface area contributed by atoms with E-state index in [0.29, 0.717) is 10.6 Å². The summed E-state index contributed by atoms with van der Waals surface area (Å²) in [5.41, 5.74) is -0.118. The highest BCUT2D eigenvalue weighted by molar-refractivity contribution is 8.02. The molecule has 0 spiro atoms. The first-order valence-electron chi connectivity index (χ1n) is 4.96. The predicted molar refractivity (Wildman–Crippen MR) is 75.3 cm³/mol. The Hall–Kier alpha value is -1.64. The maximum atomic E-state index is 10.9. The highest BCUT2D eigenvalue weighted by atomic mass is 35.5. The van der Waals surface area contributed by atoms with Gasteiger partial charge in [-0.25, -0.2) is 0 Å². The molecule has 0 saturated carbocycles. The molecule has 0 aromatic carbocycles. The molecule has 1 unspecified atom stereocenters. The fourth-order valence-electron chi connectivity index (χ4n) is 0.929. The first-order valence-corrected chi connectivity index (χ1v) is 6.28. The summed E-state index contributed by atoms with van der Waals surface area (Å²) in [5, 5.41) is 10.7. The molecular formula is C12H11ClN2O2S. The number of aliphatic imine (C=N–C) groups is 1. The standard InChI is InChI=1S/C12H11ClN2O2S/c1-3-9(14-5-8(2)13)7-18-10-4-11(16)12(17)15-6-10/h1,4-8,16H,2H3,(H,15,17)/b9-7+,14-5?. The average molecular weight is 283 g/mol. The minimum Gasteiger partial charge on any atom is -0.503 e. The highest BCUT2D eigenvalue weighted by Crippen LogP contribution is 2.21. The quantitative estimate of drug-likeness (QED) is 0.386. The zero-order valence-corrected chi connectivity index (χ0v) is 11.1. The Labute approximate surface area is 114 Å². The molecule has 18 heavy (non-hydrogen) atoms. The van der Waals surface area contributed by atoms with Gasteiger partial charge in [0.05, 0.1) is 5.38 Å². The molecule has 1 aromatic rings. The number of hydrogen-bond acceptors (Lipinski definition) is 4. The minimum atomic E-state index is -0.533. The number of thioether (sulfide) groups is 1. The van der Waals surface area contributed by atoms with E-state index in [0.717, 1.165) is 0 Å². The molecule has 4 nitrogen and oxygen atoms in total. The van der Waals surface area contributed by atoms with Crippen LogP contribution in [-0.2, 0) is 0 Å². The zero-order chi connectivity index (χ0) is 13.5. The smallest absolute Gasteiger partial charge is 0.290 e. The van der Waals surface area contributed by atoms with Crippen molar-refractivity contribution in [2.75, 3.05) is 0 Å². The molecule has 1 aromatic heterocycles. The van der Waals surface area contributed by atoms with Crippen LogP contribution in [0, 0.1) is 12.3 Å². The second-order valence-corrected chi connectivity index (χ2v) is 4.90. The second kappa shape index (κ2) is 6.94. The summed E-state index contributed by atoms with van der Waals surface area (Å²) < 4.78 is 0. The Bertz CT molecular complexity index is 570. The van der Waals surface area contributed by atoms with Gasteiger partial charge in [-0.05, 0) is 12.8 Å². The maximum absolute atomic E-state index is 10.9. The van der Waals surface area contributed by atoms with Gasteiger partial charge >= 0.3 is 0 Å². The fourth-order valence-corrected chi connectivity index (χ4v) is 1.67. The number of nitrogens with zero attached hydrogens (tertiary/aromatic N) is 1. The maximum Gasteiger partial charge on any atom is 0.290 e. The van der Waals surface area contributed by atoms with Crippen LogP contribution in [0.25, 0.3) is 0 Å². The van der Waals surface area contributed by atoms with Crippen molar-refractivity contribution in [3.05, 3.63) is 33.7 Å². The van der Waals surface area contributed by atoms with Crippen molar-refractivity contribution in [2.45, 2.75) is 17.2 Å². The molecule has 0 fully saturated rings. The van der Waals surface area contributed by atoms with Crippen LogP contribution in [0.5, 0.6) is 5.75 Å². The van der Waals surface area contributed by atoms with Crippen molar-refractivity contribution in [3.8, 4) is 18.1 Å². The van der Waals surface area contributed by atoms with Gasteiger partial charge in [0.1, 0.15) is 5.70 Å². The Morgan fingerprint density at radius 3 is 3.06 bits per heavy atom. The van der Waals surface area contributed by atoms with Crippen molar-refractivity contribution < 1.29 is 5.11 Å². The second-order valence-electron chi connectivity index (χ2n) is 3.27. The van der Waals surface area contributed by atoms with E-state index in [4.69, 9.17) is 18.0 Å². The minimum absolute atomic E-state index is 0.205. The Morgan fingerprint density at radius 1 is 1.78 bits per heavy atom. The van der Waals surface area contributed by atoms with Crippen LogP contribution in [0.15, 0.2) is 38.1 Å². The summed E-state index contributed by atoms with van der Waals surface area (Å²) in [6.07, 6.45) is 8.28. The summed E-state index contributed by atoms with van der Waals surface area (Å²) in [7, 11) is 0. The number of pyridine rings is 1. The van der Waals surface area contributed by atoms with Crippen LogP contribution in [0.4, 0.5) is 0 Å². The summed E-state index contributed by atoms with van der Waals surface area (Å²) in [5.74, 6) is 2.06. The molecule has 2 N–H and O–H groups in total. The molecule has 0 aliphatic carbocycles. The number of H-pyrrole nitrogens is 1. The molecule has 0 amide bonds. The van der Waals surface area contributed by atoms with Gasteiger partial charge in [0, 0.05) is 28.8 Å². The molecule has 1 rings (SSSR count). The molecule has 0 bridgehead atoms. The van der Waals surface area contributed by atoms with Gasteiger partial charge in [0.15, 0.2) is 5.75 Å². The van der Waals surface area contributed by atoms with E-state index in [9.17, 15) is 9.90 Å². The molecule has 6 heteroatoms. The lowest BCUT2D eigenvalue weighted by atomic mass is 10.5. The normalized spacial score (nSPS) is 13.5. The third kappa shape index (κ3) is 4.70. The number of aromatic hydroxyl groups is 1. The van der Waals surface area contributed by atoms with E-state index in [1.165, 1.54) is 30.2 Å². The van der Waals surface area contributed by atoms with Crippen LogP contribution in [0.3, 0.4) is 0 Å². The van der Waals surface area contributed by atoms with Gasteiger partial charge in [-0.1, -0.05) is 11.8 Å². The number of terminal acetylenes is 1. The van der Waals surface area contributed by atoms with Crippen LogP contribution < -0.4 is 5.56 Å². The van der Waals surface area contributed by atoms with Crippen molar-refractivity contribution in [1.82, 2.24) is 4.98 Å². The lowest BCUT2D eigenvalue weighted by Gasteiger charge is -1.97. The van der Waals surface area contributed by atoms with E-state index in [1.807, 2.05) is 0 Å². The Balaban J connectivity index is 2.81. The van der Waals surface area contributed by atoms with Crippen LogP contribution in [0.2, 0.25) is 0 Å². The van der Waals surface area contributed by atoms with E-state index in [-0.39, 0.29) is 11.1 Å². The lowest BCUT2D eigenvalue weighted by Crippen LogP contribution is -2.02. The molecule has 1 atom stereocenters. The number of alkyl halides is 1. The van der Waals surface area contributed by atoms with Gasteiger partial charge in [-0.3, -0.25) is 9.79 Å². The van der Waals surface area contributed by atoms with E-state index < -0.39 is 5.56 Å². The van der Waals surface area contributed by atoms with Crippen molar-refractivity contribution in [1.29, 1.82) is 0 Å². The summed E-state index contributed by atoms with van der Waals surface area (Å²) in [6.45, 7) is 1.77. The molecule has 94 valence electrons. The summed E-state index contributed by atoms with van der Waals surface area (Å²) in [6, 6.07) is 1.35. The van der Waals surface area contributed by atoms with Crippen LogP contribution >= 0.6 is 23.4 Å². The number of aromatic nitrogens is 1. The third-order valence-electron chi connectivity index (χ3n) is 1.73. The number of allylic oxidation sites excluding steroid dienone is 1. The SMILES string of the molecule is C#C/C(=C\Sc1c[nH]c(=O)c(O)c1)N=CC(C)Cl. The predicted octanol–water partition coefficient (Wildman–Crippen LogP) is 2.35. The zero-order valence-electron chi connectivity index (χ0n) is 9.55. The number of nitrogens with one attached hydrogen (secondary N) is 1. The average Bonchev–Trinajstić information content (AvgIpc) is 2.33. The van der Waals surface area contributed by atoms with Crippen LogP contribution in [0.1, 0.15) is 6.92 Å². The Kier molecular flexibility index (Phi) is 5.56. The van der Waals surface area contributed by atoms with Crippen molar-refractivity contribution >= 4 is 29.6 Å². The molecule has 1 heterocycles. The van der Waals surface area contributed by atoms with E-state index in [2.05, 4.69) is 15.9 Å². The summed E-state index contributed by atoms with van der Waals surface area (Å²) >= 11 is 6.95. The summed E-state index contributed by atoms with van der Waals surface area (Å²) in [4.78, 5) is 18.0. The van der Waals surface area contributed by atoms with Gasteiger partial charge in [0.2, 0.25) is 0 Å². The van der Waals surface area contributed by atoms with Gasteiger partial charge in [-0.2, -0.15) is 0 Å². The van der Waals surface area contributed by atoms with Crippen molar-refractivity contribution in [3.63, 3.8) is 0 Å². The molecule has 0 aliphatic heterocycles. The highest BCUT2D eigenvalue weighted by Gasteiger charge is 1.99. The Morgan fingerprint density at radius 2 is 2.50 bits per heavy atom. The largest absolute Gasteiger partial charge is 0.503 e. The fraction of sp³-hybridized carbons (Fsp3) is 0.167. The van der Waals surface area contributed by atoms with Gasteiger partial charge in [0.25, 0.3) is 5.56 Å². The first-order chi connectivity index (χ1) is 8.52. The molecular weight excluding hydrogens is 272 g/mol. The molecule has 0 radical (unpaired) electrons. The topological polar surface area (TPSA) is 65.5 Å².